The van der Waals surface area contributed by atoms with Crippen molar-refractivity contribution in [3.63, 3.8) is 0 Å². The van der Waals surface area contributed by atoms with E-state index < -0.39 is 5.41 Å². The quantitative estimate of drug-likeness (QED) is 0.135. The van der Waals surface area contributed by atoms with Gasteiger partial charge in [-0.1, -0.05) is 218 Å². The molecule has 12 rings (SSSR count). The van der Waals surface area contributed by atoms with Crippen molar-refractivity contribution < 1.29 is 0 Å². The standard InChI is InChI=1S/C65H48N2/c1-6-19-47(20-7-1)49-33-37-55(38-34-49)66(56-39-35-50(36-40-56)48-21-8-2-9-22-48)57-41-43-60-61-44-42-58(67(54-29-14-5-15-30-54)64-32-18-24-51-23-16-17-31-59(51)64)46-63(61)65(62(60)45-57,52-25-10-3-11-26-52)53-27-12-4-13-28-53/h1-46,61,63H. The SMILES string of the molecule is C1=CC2c3ccc(N(c4ccc(-c5ccccc5)cc4)c4ccc(-c5ccccc5)cc4)cc3C(c3ccccc3)(c3ccccc3)C2C=C1N(c1ccccc1)c1cccc2ccccc12. The van der Waals surface area contributed by atoms with Crippen LogP contribution in [0.2, 0.25) is 0 Å². The van der Waals surface area contributed by atoms with Gasteiger partial charge in [-0.3, -0.25) is 0 Å². The normalized spacial score (nSPS) is 15.6. The summed E-state index contributed by atoms with van der Waals surface area (Å²) in [6.45, 7) is 0. The van der Waals surface area contributed by atoms with Crippen molar-refractivity contribution in [2.75, 3.05) is 9.80 Å². The molecule has 0 N–H and O–H groups in total. The van der Waals surface area contributed by atoms with Crippen molar-refractivity contribution in [1.29, 1.82) is 0 Å². The molecule has 2 aliphatic carbocycles. The summed E-state index contributed by atoms with van der Waals surface area (Å²) in [6, 6.07) is 95.4. The molecule has 0 bridgehead atoms. The molecule has 2 aliphatic rings. The summed E-state index contributed by atoms with van der Waals surface area (Å²) in [5.74, 6) is 0.176. The van der Waals surface area contributed by atoms with Crippen LogP contribution in [0.25, 0.3) is 33.0 Å². The molecule has 2 nitrogen and oxygen atoms in total. The van der Waals surface area contributed by atoms with E-state index in [1.54, 1.807) is 0 Å². The van der Waals surface area contributed by atoms with Gasteiger partial charge in [0.1, 0.15) is 0 Å². The molecule has 0 aliphatic heterocycles. The minimum atomic E-state index is -0.532. The summed E-state index contributed by atoms with van der Waals surface area (Å²) in [7, 11) is 0. The molecule has 0 aromatic heterocycles. The van der Waals surface area contributed by atoms with Crippen molar-refractivity contribution in [3.05, 3.63) is 307 Å². The molecule has 10 aromatic carbocycles. The first-order valence-electron chi connectivity index (χ1n) is 23.3. The third kappa shape index (κ3) is 7.06. The molecule has 0 radical (unpaired) electrons. The Morgan fingerprint density at radius 1 is 0.358 bits per heavy atom. The van der Waals surface area contributed by atoms with Crippen LogP contribution >= 0.6 is 0 Å². The predicted octanol–water partition coefficient (Wildman–Crippen LogP) is 17.0. The fourth-order valence-corrected chi connectivity index (χ4v) is 11.0. The van der Waals surface area contributed by atoms with Gasteiger partial charge in [0.2, 0.25) is 0 Å². The van der Waals surface area contributed by atoms with Gasteiger partial charge in [0.25, 0.3) is 0 Å². The van der Waals surface area contributed by atoms with Gasteiger partial charge in [-0.05, 0) is 111 Å². The van der Waals surface area contributed by atoms with Gasteiger partial charge in [0.15, 0.2) is 0 Å². The van der Waals surface area contributed by atoms with Gasteiger partial charge >= 0.3 is 0 Å². The van der Waals surface area contributed by atoms with Crippen LogP contribution in [0.4, 0.5) is 28.4 Å². The minimum absolute atomic E-state index is 0.0486. The maximum atomic E-state index is 2.58. The zero-order valence-electron chi connectivity index (χ0n) is 37.1. The molecule has 0 saturated carbocycles. The Kier molecular flexibility index (Phi) is 10.3. The first-order valence-corrected chi connectivity index (χ1v) is 23.3. The summed E-state index contributed by atoms with van der Waals surface area (Å²) in [5, 5.41) is 2.44. The first-order chi connectivity index (χ1) is 33.2. The average Bonchev–Trinajstić information content (AvgIpc) is 3.70. The number of para-hydroxylation sites is 1. The molecule has 0 heterocycles. The van der Waals surface area contributed by atoms with Gasteiger partial charge in [-0.15, -0.1) is 0 Å². The first kappa shape index (κ1) is 40.1. The highest BCUT2D eigenvalue weighted by molar-refractivity contribution is 5.97. The second kappa shape index (κ2) is 17.2. The lowest BCUT2D eigenvalue weighted by Gasteiger charge is -2.40. The molecular weight excluding hydrogens is 809 g/mol. The number of anilines is 5. The fourth-order valence-electron chi connectivity index (χ4n) is 11.0. The smallest absolute Gasteiger partial charge is 0.0539 e. The van der Waals surface area contributed by atoms with E-state index in [0.717, 1.165) is 34.1 Å². The number of fused-ring (bicyclic) bond motifs is 4. The van der Waals surface area contributed by atoms with Gasteiger partial charge in [0, 0.05) is 45.7 Å². The highest BCUT2D eigenvalue weighted by atomic mass is 15.2. The Morgan fingerprint density at radius 2 is 0.821 bits per heavy atom. The largest absolute Gasteiger partial charge is 0.310 e. The van der Waals surface area contributed by atoms with Crippen LogP contribution in [-0.4, -0.2) is 0 Å². The Morgan fingerprint density at radius 3 is 1.40 bits per heavy atom. The van der Waals surface area contributed by atoms with Crippen molar-refractivity contribution in [2.45, 2.75) is 11.3 Å². The Bertz CT molecular complexity index is 3250. The summed E-state index contributed by atoms with van der Waals surface area (Å²) >= 11 is 0. The zero-order valence-corrected chi connectivity index (χ0v) is 37.1. The van der Waals surface area contributed by atoms with E-state index in [0.29, 0.717) is 0 Å². The van der Waals surface area contributed by atoms with Gasteiger partial charge in [-0.25, -0.2) is 0 Å². The third-order valence-corrected chi connectivity index (χ3v) is 14.0. The molecule has 2 heteroatoms. The predicted molar refractivity (Wildman–Crippen MR) is 281 cm³/mol. The average molecular weight is 857 g/mol. The maximum absolute atomic E-state index is 2.58. The summed E-state index contributed by atoms with van der Waals surface area (Å²) in [6.07, 6.45) is 7.44. The molecule has 0 saturated heterocycles. The second-order valence-electron chi connectivity index (χ2n) is 17.6. The second-order valence-corrected chi connectivity index (χ2v) is 17.6. The highest BCUT2D eigenvalue weighted by Gasteiger charge is 2.54. The molecule has 0 amide bonds. The van der Waals surface area contributed by atoms with E-state index in [2.05, 4.69) is 289 Å². The lowest BCUT2D eigenvalue weighted by atomic mass is 9.63. The monoisotopic (exact) mass is 856 g/mol. The number of allylic oxidation sites excluding steroid dienone is 3. The third-order valence-electron chi connectivity index (χ3n) is 14.0. The van der Waals surface area contributed by atoms with Crippen LogP contribution in [-0.2, 0) is 5.41 Å². The van der Waals surface area contributed by atoms with Gasteiger partial charge in [0.05, 0.1) is 11.1 Å². The molecule has 67 heavy (non-hydrogen) atoms. The van der Waals surface area contributed by atoms with Crippen molar-refractivity contribution in [1.82, 2.24) is 0 Å². The van der Waals surface area contributed by atoms with E-state index in [9.17, 15) is 0 Å². The van der Waals surface area contributed by atoms with Crippen molar-refractivity contribution >= 4 is 39.2 Å². The maximum Gasteiger partial charge on any atom is 0.0539 e. The Balaban J connectivity index is 1.07. The lowest BCUT2D eigenvalue weighted by Crippen LogP contribution is -2.36. The van der Waals surface area contributed by atoms with E-state index in [-0.39, 0.29) is 11.8 Å². The molecule has 0 spiro atoms. The number of nitrogens with zero attached hydrogens (tertiary/aromatic N) is 2. The molecule has 2 unspecified atom stereocenters. The summed E-state index contributed by atoms with van der Waals surface area (Å²) < 4.78 is 0. The number of rotatable bonds is 10. The lowest BCUT2D eigenvalue weighted by molar-refractivity contribution is 0.454. The Labute approximate surface area is 393 Å². The highest BCUT2D eigenvalue weighted by Crippen LogP contribution is 2.61. The molecule has 318 valence electrons. The number of benzene rings is 10. The summed E-state index contributed by atoms with van der Waals surface area (Å²) in [5.41, 5.74) is 16.2. The fraction of sp³-hybridized carbons (Fsp3) is 0.0462. The van der Waals surface area contributed by atoms with Crippen LogP contribution in [0.5, 0.6) is 0 Å². The summed E-state index contributed by atoms with van der Waals surface area (Å²) in [4.78, 5) is 4.89. The molecule has 10 aromatic rings. The molecule has 0 fully saturated rings. The van der Waals surface area contributed by atoms with Crippen molar-refractivity contribution in [2.24, 2.45) is 5.92 Å². The van der Waals surface area contributed by atoms with Crippen LogP contribution in [0, 0.1) is 5.92 Å². The molecular formula is C65H48N2. The van der Waals surface area contributed by atoms with Gasteiger partial charge < -0.3 is 9.80 Å². The van der Waals surface area contributed by atoms with Crippen molar-refractivity contribution in [3.8, 4) is 22.3 Å². The van der Waals surface area contributed by atoms with Crippen LogP contribution < -0.4 is 9.80 Å². The van der Waals surface area contributed by atoms with Gasteiger partial charge in [-0.2, -0.15) is 0 Å². The van der Waals surface area contributed by atoms with E-state index in [1.807, 2.05) is 0 Å². The Hall–Kier alpha value is -8.46. The van der Waals surface area contributed by atoms with Crippen LogP contribution in [0.15, 0.2) is 285 Å². The van der Waals surface area contributed by atoms with Crippen LogP contribution in [0.1, 0.15) is 28.2 Å². The topological polar surface area (TPSA) is 6.48 Å². The number of hydrogen-bond donors (Lipinski definition) is 0. The van der Waals surface area contributed by atoms with E-state index in [4.69, 9.17) is 0 Å². The van der Waals surface area contributed by atoms with E-state index in [1.165, 1.54) is 55.3 Å². The minimum Gasteiger partial charge on any atom is -0.310 e. The molecule has 2 atom stereocenters. The van der Waals surface area contributed by atoms with E-state index >= 15 is 0 Å². The van der Waals surface area contributed by atoms with Crippen LogP contribution in [0.3, 0.4) is 0 Å². The number of hydrogen-bond acceptors (Lipinski definition) is 2. The zero-order chi connectivity index (χ0) is 44.6.